The topological polar surface area (TPSA) is 12.0 Å². The highest BCUT2D eigenvalue weighted by Crippen LogP contribution is 2.03. The maximum atomic E-state index is 3.59. The molecule has 0 fully saturated rings. The van der Waals surface area contributed by atoms with Crippen molar-refractivity contribution < 1.29 is 0 Å². The van der Waals surface area contributed by atoms with E-state index in [1.165, 1.54) is 31.2 Å². The summed E-state index contributed by atoms with van der Waals surface area (Å²) >= 11 is 0. The molecule has 1 N–H and O–H groups in total. The van der Waals surface area contributed by atoms with Crippen molar-refractivity contribution >= 4 is 0 Å². The molecule has 0 aromatic heterocycles. The van der Waals surface area contributed by atoms with Crippen LogP contribution >= 0.6 is 0 Å². The third-order valence-electron chi connectivity index (χ3n) is 2.91. The quantitative estimate of drug-likeness (QED) is 0.656. The van der Waals surface area contributed by atoms with Crippen LogP contribution in [0.1, 0.15) is 45.1 Å². The molecule has 0 amide bonds. The second-order valence-corrected chi connectivity index (χ2v) is 4.61. The molecule has 0 saturated carbocycles. The van der Waals surface area contributed by atoms with E-state index >= 15 is 0 Å². The van der Waals surface area contributed by atoms with Crippen LogP contribution in [0.15, 0.2) is 30.3 Å². The Hall–Kier alpha value is -0.820. The van der Waals surface area contributed by atoms with Crippen LogP contribution in [-0.4, -0.2) is 12.6 Å². The molecule has 1 nitrogen and oxygen atoms in total. The monoisotopic (exact) mass is 219 g/mol. The zero-order valence-electron chi connectivity index (χ0n) is 10.7. The number of benzene rings is 1. The average Bonchev–Trinajstić information content (AvgIpc) is 2.30. The molecule has 1 aromatic carbocycles. The first kappa shape index (κ1) is 13.2. The van der Waals surface area contributed by atoms with Gasteiger partial charge in [-0.05, 0) is 31.9 Å². The molecule has 1 unspecified atom stereocenters. The average molecular weight is 219 g/mol. The largest absolute Gasteiger partial charge is 0.314 e. The maximum Gasteiger partial charge on any atom is 0.00791 e. The molecule has 1 aromatic rings. The van der Waals surface area contributed by atoms with Crippen LogP contribution in [0, 0.1) is 0 Å². The summed E-state index contributed by atoms with van der Waals surface area (Å²) in [5.41, 5.74) is 1.43. The summed E-state index contributed by atoms with van der Waals surface area (Å²) in [6, 6.07) is 11.3. The van der Waals surface area contributed by atoms with Crippen molar-refractivity contribution in [2.24, 2.45) is 0 Å². The van der Waals surface area contributed by atoms with Crippen LogP contribution in [0.5, 0.6) is 0 Å². The minimum Gasteiger partial charge on any atom is -0.314 e. The molecule has 0 radical (unpaired) electrons. The van der Waals surface area contributed by atoms with Crippen molar-refractivity contribution in [2.45, 2.75) is 52.0 Å². The third kappa shape index (κ3) is 5.92. The lowest BCUT2D eigenvalue weighted by Gasteiger charge is -2.13. The zero-order valence-corrected chi connectivity index (χ0v) is 10.7. The Morgan fingerprint density at radius 3 is 2.50 bits per heavy atom. The van der Waals surface area contributed by atoms with Gasteiger partial charge in [-0.25, -0.2) is 0 Å². The van der Waals surface area contributed by atoms with E-state index in [4.69, 9.17) is 0 Å². The van der Waals surface area contributed by atoms with Crippen LogP contribution in [0.25, 0.3) is 0 Å². The van der Waals surface area contributed by atoms with Crippen molar-refractivity contribution in [2.75, 3.05) is 6.54 Å². The molecular weight excluding hydrogens is 194 g/mol. The van der Waals surface area contributed by atoms with Gasteiger partial charge in [0.05, 0.1) is 0 Å². The van der Waals surface area contributed by atoms with E-state index in [9.17, 15) is 0 Å². The molecule has 0 spiro atoms. The molecule has 0 aliphatic heterocycles. The fourth-order valence-corrected chi connectivity index (χ4v) is 1.94. The Morgan fingerprint density at radius 2 is 1.81 bits per heavy atom. The molecule has 0 heterocycles. The number of hydrogen-bond acceptors (Lipinski definition) is 1. The van der Waals surface area contributed by atoms with E-state index in [0.717, 1.165) is 13.0 Å². The first-order chi connectivity index (χ1) is 7.83. The van der Waals surface area contributed by atoms with Crippen LogP contribution in [0.4, 0.5) is 0 Å². The van der Waals surface area contributed by atoms with Crippen LogP contribution in [-0.2, 0) is 6.42 Å². The molecule has 1 rings (SSSR count). The Kier molecular flexibility index (Phi) is 6.91. The van der Waals surface area contributed by atoms with E-state index in [2.05, 4.69) is 49.5 Å². The maximum absolute atomic E-state index is 3.59. The summed E-state index contributed by atoms with van der Waals surface area (Å²) in [7, 11) is 0. The van der Waals surface area contributed by atoms with Crippen molar-refractivity contribution in [3.8, 4) is 0 Å². The lowest BCUT2D eigenvalue weighted by molar-refractivity contribution is 0.518. The normalized spacial score (nSPS) is 12.6. The number of unbranched alkanes of at least 4 members (excludes halogenated alkanes) is 3. The minimum absolute atomic E-state index is 0.587. The molecule has 90 valence electrons. The van der Waals surface area contributed by atoms with Gasteiger partial charge in [0.2, 0.25) is 0 Å². The smallest absolute Gasteiger partial charge is 0.00791 e. The SMILES string of the molecule is CCCCCCNC(C)Cc1ccccc1. The zero-order chi connectivity index (χ0) is 11.6. The van der Waals surface area contributed by atoms with E-state index in [1.54, 1.807) is 0 Å². The summed E-state index contributed by atoms with van der Waals surface area (Å²) in [5.74, 6) is 0. The van der Waals surface area contributed by atoms with E-state index in [0.29, 0.717) is 6.04 Å². The number of nitrogens with one attached hydrogen (secondary N) is 1. The van der Waals surface area contributed by atoms with Crippen LogP contribution < -0.4 is 5.32 Å². The van der Waals surface area contributed by atoms with Gasteiger partial charge in [0, 0.05) is 6.04 Å². The Balaban J connectivity index is 2.09. The van der Waals surface area contributed by atoms with Gasteiger partial charge in [-0.3, -0.25) is 0 Å². The summed E-state index contributed by atoms with van der Waals surface area (Å²) in [5, 5.41) is 3.59. The fraction of sp³-hybridized carbons (Fsp3) is 0.600. The molecule has 0 saturated heterocycles. The van der Waals surface area contributed by atoms with Crippen molar-refractivity contribution in [1.29, 1.82) is 0 Å². The van der Waals surface area contributed by atoms with E-state index < -0.39 is 0 Å². The Bertz CT molecular complexity index is 255. The lowest BCUT2D eigenvalue weighted by atomic mass is 10.1. The third-order valence-corrected chi connectivity index (χ3v) is 2.91. The summed E-state index contributed by atoms with van der Waals surface area (Å²) in [4.78, 5) is 0. The second kappa shape index (κ2) is 8.35. The number of hydrogen-bond donors (Lipinski definition) is 1. The molecule has 0 bridgehead atoms. The molecular formula is C15H25N. The minimum atomic E-state index is 0.587. The standard InChI is InChI=1S/C15H25N/c1-3-4-5-9-12-16-14(2)13-15-10-7-6-8-11-15/h6-8,10-11,14,16H,3-5,9,12-13H2,1-2H3. The summed E-state index contributed by atoms with van der Waals surface area (Å²) in [6.45, 7) is 5.69. The summed E-state index contributed by atoms with van der Waals surface area (Å²) < 4.78 is 0. The first-order valence-corrected chi connectivity index (χ1v) is 6.60. The Morgan fingerprint density at radius 1 is 1.06 bits per heavy atom. The highest BCUT2D eigenvalue weighted by Gasteiger charge is 2.01. The predicted molar refractivity (Wildman–Crippen MR) is 71.8 cm³/mol. The summed E-state index contributed by atoms with van der Waals surface area (Å²) in [6.07, 6.45) is 6.50. The van der Waals surface area contributed by atoms with Gasteiger partial charge >= 0.3 is 0 Å². The van der Waals surface area contributed by atoms with Gasteiger partial charge in [0.1, 0.15) is 0 Å². The first-order valence-electron chi connectivity index (χ1n) is 6.60. The predicted octanol–water partition coefficient (Wildman–Crippen LogP) is 3.79. The van der Waals surface area contributed by atoms with E-state index in [-0.39, 0.29) is 0 Å². The highest BCUT2D eigenvalue weighted by molar-refractivity contribution is 5.15. The van der Waals surface area contributed by atoms with Crippen LogP contribution in [0.2, 0.25) is 0 Å². The van der Waals surface area contributed by atoms with Crippen molar-refractivity contribution in [1.82, 2.24) is 5.32 Å². The van der Waals surface area contributed by atoms with Crippen molar-refractivity contribution in [3.05, 3.63) is 35.9 Å². The Labute approximate surface area is 100 Å². The van der Waals surface area contributed by atoms with Gasteiger partial charge in [-0.1, -0.05) is 56.5 Å². The molecule has 0 aliphatic rings. The van der Waals surface area contributed by atoms with Gasteiger partial charge in [-0.15, -0.1) is 0 Å². The fourth-order valence-electron chi connectivity index (χ4n) is 1.94. The lowest BCUT2D eigenvalue weighted by Crippen LogP contribution is -2.28. The number of rotatable bonds is 8. The van der Waals surface area contributed by atoms with Gasteiger partial charge < -0.3 is 5.32 Å². The van der Waals surface area contributed by atoms with Crippen molar-refractivity contribution in [3.63, 3.8) is 0 Å². The van der Waals surface area contributed by atoms with Crippen LogP contribution in [0.3, 0.4) is 0 Å². The van der Waals surface area contributed by atoms with Gasteiger partial charge in [0.15, 0.2) is 0 Å². The molecule has 16 heavy (non-hydrogen) atoms. The van der Waals surface area contributed by atoms with Gasteiger partial charge in [0.25, 0.3) is 0 Å². The second-order valence-electron chi connectivity index (χ2n) is 4.61. The highest BCUT2D eigenvalue weighted by atomic mass is 14.9. The van der Waals surface area contributed by atoms with Gasteiger partial charge in [-0.2, -0.15) is 0 Å². The molecule has 1 heteroatoms. The molecule has 0 aliphatic carbocycles. The molecule has 1 atom stereocenters. The van der Waals surface area contributed by atoms with E-state index in [1.807, 2.05) is 0 Å².